The van der Waals surface area contributed by atoms with Gasteiger partial charge in [-0.15, -0.1) is 0 Å². The van der Waals surface area contributed by atoms with Crippen molar-refractivity contribution >= 4 is 40.5 Å². The second-order valence-corrected chi connectivity index (χ2v) is 10.3. The van der Waals surface area contributed by atoms with Crippen LogP contribution in [0.4, 0.5) is 0 Å². The molecule has 1 aliphatic rings. The zero-order chi connectivity index (χ0) is 30.9. The monoisotopic (exact) mass is 605 g/mol. The molecule has 1 aromatic heterocycles. The molecule has 0 aliphatic carbocycles. The van der Waals surface area contributed by atoms with Gasteiger partial charge in [0.05, 0.1) is 37.7 Å². The van der Waals surface area contributed by atoms with Crippen LogP contribution in [0.25, 0.3) is 11.0 Å². The summed E-state index contributed by atoms with van der Waals surface area (Å²) >= 11 is 6.08. The fraction of sp³-hybridized carbons (Fsp3) is 0.379. The van der Waals surface area contributed by atoms with Crippen molar-refractivity contribution in [1.82, 2.24) is 4.90 Å². The van der Waals surface area contributed by atoms with Gasteiger partial charge in [-0.3, -0.25) is 19.3 Å². The summed E-state index contributed by atoms with van der Waals surface area (Å²) in [5, 5.41) is 34.8. The number of carboxylic acids is 3. The van der Waals surface area contributed by atoms with Crippen LogP contribution in [0.1, 0.15) is 36.8 Å². The standard InChI is InChI=1S/C23H24ClNO4.C6H8O7/c1-27-21-7-3-2-5-16(21)12-25(14-19-6-4-10-28-19)13-17-15-29-22-9-8-18(24)11-20(22)23(17)26;7-3(8)1-6(13,5(11)12)2-4(9)10/h2-3,5,7-9,11,15,19H,4,6,10,12-14H2,1H3;13H,1-2H2,(H,7,8)(H,9,10)(H,11,12). The highest BCUT2D eigenvalue weighted by molar-refractivity contribution is 6.31. The number of para-hydroxylation sites is 1. The molecule has 3 aromatic rings. The van der Waals surface area contributed by atoms with Crippen LogP contribution in [0.2, 0.25) is 5.02 Å². The van der Waals surface area contributed by atoms with Gasteiger partial charge in [0.25, 0.3) is 0 Å². The normalized spacial score (nSPS) is 14.8. The lowest BCUT2D eigenvalue weighted by atomic mass is 9.96. The fourth-order valence-corrected chi connectivity index (χ4v) is 4.72. The molecular formula is C29H32ClNO11. The van der Waals surface area contributed by atoms with Crippen LogP contribution in [0, 0.1) is 0 Å². The van der Waals surface area contributed by atoms with Gasteiger partial charge in [0.2, 0.25) is 0 Å². The van der Waals surface area contributed by atoms with Crippen LogP contribution in [0.3, 0.4) is 0 Å². The summed E-state index contributed by atoms with van der Waals surface area (Å²) in [5.74, 6) is -4.18. The van der Waals surface area contributed by atoms with Crippen LogP contribution >= 0.6 is 11.6 Å². The van der Waals surface area contributed by atoms with Gasteiger partial charge in [-0.1, -0.05) is 29.8 Å². The first-order valence-electron chi connectivity index (χ1n) is 13.0. The van der Waals surface area contributed by atoms with E-state index >= 15 is 0 Å². The molecule has 2 aromatic carbocycles. The Morgan fingerprint density at radius 3 is 2.31 bits per heavy atom. The summed E-state index contributed by atoms with van der Waals surface area (Å²) in [4.78, 5) is 45.7. The second-order valence-electron chi connectivity index (χ2n) is 9.82. The number of hydrogen-bond donors (Lipinski definition) is 4. The zero-order valence-electron chi connectivity index (χ0n) is 22.8. The molecule has 12 nitrogen and oxygen atoms in total. The van der Waals surface area contributed by atoms with E-state index in [0.717, 1.165) is 37.3 Å². The third-order valence-electron chi connectivity index (χ3n) is 6.56. The number of hydrogen-bond acceptors (Lipinski definition) is 9. The molecule has 0 bridgehead atoms. The van der Waals surface area contributed by atoms with E-state index in [1.54, 1.807) is 31.6 Å². The van der Waals surface area contributed by atoms with E-state index in [1.807, 2.05) is 24.3 Å². The number of ether oxygens (including phenoxy) is 2. The van der Waals surface area contributed by atoms with Gasteiger partial charge >= 0.3 is 17.9 Å². The summed E-state index contributed by atoms with van der Waals surface area (Å²) in [6.07, 6.45) is 1.55. The van der Waals surface area contributed by atoms with Crippen molar-refractivity contribution < 1.29 is 48.7 Å². The molecule has 1 aliphatic heterocycles. The minimum absolute atomic E-state index is 0.0499. The van der Waals surface area contributed by atoms with Gasteiger partial charge in [-0.25, -0.2) is 4.79 Å². The first kappa shape index (κ1) is 32.5. The van der Waals surface area contributed by atoms with Crippen molar-refractivity contribution in [3.63, 3.8) is 0 Å². The number of rotatable bonds is 12. The van der Waals surface area contributed by atoms with Gasteiger partial charge in [0.15, 0.2) is 11.0 Å². The molecule has 0 spiro atoms. The minimum Gasteiger partial charge on any atom is -0.496 e. The number of methoxy groups -OCH3 is 1. The molecule has 1 unspecified atom stereocenters. The first-order valence-corrected chi connectivity index (χ1v) is 13.3. The average Bonchev–Trinajstić information content (AvgIpc) is 3.43. The predicted molar refractivity (Wildman–Crippen MR) is 151 cm³/mol. The lowest BCUT2D eigenvalue weighted by molar-refractivity contribution is -0.170. The summed E-state index contributed by atoms with van der Waals surface area (Å²) in [5.41, 5.74) is -0.573. The zero-order valence-corrected chi connectivity index (χ0v) is 23.6. The van der Waals surface area contributed by atoms with Crippen molar-refractivity contribution in [1.29, 1.82) is 0 Å². The highest BCUT2D eigenvalue weighted by atomic mass is 35.5. The summed E-state index contributed by atoms with van der Waals surface area (Å²) in [6.45, 7) is 2.65. The molecule has 1 fully saturated rings. The molecule has 0 saturated carbocycles. The van der Waals surface area contributed by atoms with Crippen LogP contribution in [0.15, 0.2) is 57.9 Å². The van der Waals surface area contributed by atoms with Crippen LogP contribution < -0.4 is 10.2 Å². The van der Waals surface area contributed by atoms with Crippen molar-refractivity contribution in [2.24, 2.45) is 0 Å². The van der Waals surface area contributed by atoms with E-state index in [-0.39, 0.29) is 11.5 Å². The topological polar surface area (TPSA) is 184 Å². The third-order valence-corrected chi connectivity index (χ3v) is 6.79. The van der Waals surface area contributed by atoms with Crippen molar-refractivity contribution in [3.05, 3.63) is 75.1 Å². The number of aliphatic hydroxyl groups is 1. The van der Waals surface area contributed by atoms with E-state index < -0.39 is 36.4 Å². The van der Waals surface area contributed by atoms with Crippen molar-refractivity contribution in [2.75, 3.05) is 20.3 Å². The fourth-order valence-electron chi connectivity index (χ4n) is 4.54. The van der Waals surface area contributed by atoms with Crippen molar-refractivity contribution in [2.45, 2.75) is 50.5 Å². The number of carboxylic acid groups (broad SMARTS) is 3. The maximum atomic E-state index is 13.0. The second kappa shape index (κ2) is 14.8. The molecule has 2 heterocycles. The number of fused-ring (bicyclic) bond motifs is 1. The lowest BCUT2D eigenvalue weighted by Crippen LogP contribution is -2.42. The Kier molecular flexibility index (Phi) is 11.5. The summed E-state index contributed by atoms with van der Waals surface area (Å²) in [6, 6.07) is 13.1. The van der Waals surface area contributed by atoms with Gasteiger partial charge in [-0.05, 0) is 37.1 Å². The van der Waals surface area contributed by atoms with Crippen LogP contribution in [-0.2, 0) is 32.2 Å². The molecule has 42 heavy (non-hydrogen) atoms. The van der Waals surface area contributed by atoms with E-state index in [4.69, 9.17) is 45.9 Å². The molecule has 226 valence electrons. The number of aliphatic carboxylic acids is 3. The van der Waals surface area contributed by atoms with Crippen LogP contribution in [0.5, 0.6) is 5.75 Å². The van der Waals surface area contributed by atoms with Gasteiger partial charge in [0.1, 0.15) is 11.3 Å². The highest BCUT2D eigenvalue weighted by Crippen LogP contribution is 2.23. The number of nitrogens with zero attached hydrogens (tertiary/aromatic N) is 1. The smallest absolute Gasteiger partial charge is 0.336 e. The Hall–Kier alpha value is -3.97. The van der Waals surface area contributed by atoms with Gasteiger partial charge < -0.3 is 34.3 Å². The third kappa shape index (κ3) is 9.02. The lowest BCUT2D eigenvalue weighted by Gasteiger charge is -2.25. The average molecular weight is 606 g/mol. The van der Waals surface area contributed by atoms with Crippen molar-refractivity contribution in [3.8, 4) is 5.75 Å². The Bertz CT molecular complexity index is 1450. The molecular weight excluding hydrogens is 574 g/mol. The molecule has 0 radical (unpaired) electrons. The summed E-state index contributed by atoms with van der Waals surface area (Å²) < 4.78 is 17.1. The first-order chi connectivity index (χ1) is 19.9. The van der Waals surface area contributed by atoms with Gasteiger partial charge in [-0.2, -0.15) is 0 Å². The summed E-state index contributed by atoms with van der Waals surface area (Å²) in [7, 11) is 1.67. The Labute approximate surface area is 245 Å². The highest BCUT2D eigenvalue weighted by Gasteiger charge is 2.40. The SMILES string of the molecule is COc1ccccc1CN(Cc1coc2ccc(Cl)cc2c1=O)CC1CCCO1.O=C(O)CC(O)(CC(=O)O)C(=O)O. The molecule has 4 N–H and O–H groups in total. The van der Waals surface area contributed by atoms with Gasteiger partial charge in [0, 0.05) is 42.4 Å². The van der Waals surface area contributed by atoms with E-state index in [1.165, 1.54) is 0 Å². The molecule has 13 heteroatoms. The Morgan fingerprint density at radius 1 is 1.05 bits per heavy atom. The minimum atomic E-state index is -2.74. The number of carbonyl (C=O) groups is 3. The number of benzene rings is 2. The maximum absolute atomic E-state index is 13.0. The predicted octanol–water partition coefficient (Wildman–Crippen LogP) is 3.39. The Morgan fingerprint density at radius 2 is 1.71 bits per heavy atom. The van der Waals surface area contributed by atoms with Crippen LogP contribution in [-0.4, -0.2) is 75.2 Å². The molecule has 4 rings (SSSR count). The number of halogens is 1. The largest absolute Gasteiger partial charge is 0.496 e. The van der Waals surface area contributed by atoms with E-state index in [0.29, 0.717) is 34.6 Å². The maximum Gasteiger partial charge on any atom is 0.336 e. The Balaban J connectivity index is 0.000000316. The molecule has 0 amide bonds. The molecule has 1 atom stereocenters. The quantitative estimate of drug-likeness (QED) is 0.236. The molecule has 1 saturated heterocycles. The van der Waals surface area contributed by atoms with E-state index in [9.17, 15) is 19.2 Å². The van der Waals surface area contributed by atoms with E-state index in [2.05, 4.69) is 4.90 Å².